The number of aliphatic hydroxyl groups is 2. The summed E-state index contributed by atoms with van der Waals surface area (Å²) in [5, 5.41) is 21.5. The van der Waals surface area contributed by atoms with Gasteiger partial charge in [0.1, 0.15) is 0 Å². The second-order valence-corrected chi connectivity index (χ2v) is 10.5. The van der Waals surface area contributed by atoms with Gasteiger partial charge in [-0.1, -0.05) is 13.8 Å². The van der Waals surface area contributed by atoms with Crippen LogP contribution in [0.15, 0.2) is 0 Å². The van der Waals surface area contributed by atoms with E-state index in [1.807, 2.05) is 0 Å². The lowest BCUT2D eigenvalue weighted by Gasteiger charge is -2.57. The summed E-state index contributed by atoms with van der Waals surface area (Å²) in [7, 11) is 1.71. The first-order valence-corrected chi connectivity index (χ1v) is 11.3. The molecule has 26 heavy (non-hydrogen) atoms. The quantitative estimate of drug-likeness (QED) is 0.777. The fraction of sp³-hybridized carbons (Fsp3) is 1.00. The zero-order chi connectivity index (χ0) is 18.5. The van der Waals surface area contributed by atoms with Crippen molar-refractivity contribution in [1.82, 2.24) is 0 Å². The van der Waals surface area contributed by atoms with E-state index in [0.717, 1.165) is 42.9 Å². The molecule has 0 aromatic rings. The van der Waals surface area contributed by atoms with E-state index < -0.39 is 5.60 Å². The molecule has 4 saturated carbocycles. The fourth-order valence-electron chi connectivity index (χ4n) is 8.32. The van der Waals surface area contributed by atoms with Crippen molar-refractivity contribution in [2.45, 2.75) is 89.8 Å². The van der Waals surface area contributed by atoms with Gasteiger partial charge in [0.15, 0.2) is 0 Å². The molecule has 0 unspecified atom stereocenters. The first kappa shape index (κ1) is 19.2. The average Bonchev–Trinajstić information content (AvgIpc) is 2.98. The van der Waals surface area contributed by atoms with Crippen LogP contribution in [0.5, 0.6) is 0 Å². The number of methoxy groups -OCH3 is 1. The van der Waals surface area contributed by atoms with Gasteiger partial charge in [-0.25, -0.2) is 0 Å². The van der Waals surface area contributed by atoms with E-state index in [1.54, 1.807) is 7.11 Å². The summed E-state index contributed by atoms with van der Waals surface area (Å²) in [6.07, 6.45) is 11.8. The minimum absolute atomic E-state index is 0.100. The van der Waals surface area contributed by atoms with Crippen LogP contribution in [0.2, 0.25) is 0 Å². The molecule has 0 aliphatic heterocycles. The number of hydrogen-bond acceptors (Lipinski definition) is 3. The average molecular weight is 365 g/mol. The summed E-state index contributed by atoms with van der Waals surface area (Å²) in [6.45, 7) is 5.15. The van der Waals surface area contributed by atoms with Gasteiger partial charge >= 0.3 is 0 Å². The Labute approximate surface area is 159 Å². The first-order chi connectivity index (χ1) is 12.4. The second kappa shape index (κ2) is 7.04. The molecule has 9 atom stereocenters. The van der Waals surface area contributed by atoms with E-state index >= 15 is 0 Å². The third kappa shape index (κ3) is 2.97. The normalized spacial score (nSPS) is 52.0. The molecule has 4 aliphatic rings. The van der Waals surface area contributed by atoms with Crippen molar-refractivity contribution in [3.63, 3.8) is 0 Å². The van der Waals surface area contributed by atoms with Gasteiger partial charge in [0.2, 0.25) is 0 Å². The van der Waals surface area contributed by atoms with Crippen molar-refractivity contribution < 1.29 is 14.9 Å². The lowest BCUT2D eigenvalue weighted by molar-refractivity contribution is -0.128. The standard InChI is InChI=1S/C23H40O3/c1-4-21(24)20-8-7-19-18-6-5-15-13-23(25,14-26-3)12-10-16(15)17(18)9-11-22(19,20)2/h15-21,24-25H,4-14H2,1-3H3/t15-,16+,17-,18-,19+,20-,21+,22+,23-/m1/s1. The Balaban J connectivity index is 1.49. The summed E-state index contributed by atoms with van der Waals surface area (Å²) < 4.78 is 5.31. The van der Waals surface area contributed by atoms with Crippen LogP contribution in [0.1, 0.15) is 78.1 Å². The van der Waals surface area contributed by atoms with E-state index in [-0.39, 0.29) is 6.10 Å². The Bertz CT molecular complexity index is 508. The zero-order valence-corrected chi connectivity index (χ0v) is 17.1. The number of hydrogen-bond donors (Lipinski definition) is 2. The molecule has 0 aromatic carbocycles. The molecule has 0 heterocycles. The highest BCUT2D eigenvalue weighted by Crippen LogP contribution is 2.65. The van der Waals surface area contributed by atoms with Crippen molar-refractivity contribution >= 4 is 0 Å². The van der Waals surface area contributed by atoms with Crippen molar-refractivity contribution in [1.29, 1.82) is 0 Å². The molecule has 0 saturated heterocycles. The van der Waals surface area contributed by atoms with Crippen molar-refractivity contribution in [2.24, 2.45) is 40.9 Å². The maximum absolute atomic E-state index is 10.9. The summed E-state index contributed by atoms with van der Waals surface area (Å²) >= 11 is 0. The van der Waals surface area contributed by atoms with E-state index in [2.05, 4.69) is 13.8 Å². The molecule has 4 fully saturated rings. The Hall–Kier alpha value is -0.120. The van der Waals surface area contributed by atoms with Crippen LogP contribution in [-0.4, -0.2) is 35.6 Å². The SMILES string of the molecule is CC[C@H](O)[C@H]1CC[C@H]2[C@@H]3CC[C@@H]4C[C@@](O)(COC)CC[C@@H]4[C@H]3CC[C@]12C. The number of aliphatic hydroxyl groups excluding tert-OH is 1. The van der Waals surface area contributed by atoms with E-state index in [9.17, 15) is 10.2 Å². The first-order valence-electron chi connectivity index (χ1n) is 11.3. The van der Waals surface area contributed by atoms with Crippen LogP contribution >= 0.6 is 0 Å². The topological polar surface area (TPSA) is 49.7 Å². The summed E-state index contributed by atoms with van der Waals surface area (Å²) in [4.78, 5) is 0. The Morgan fingerprint density at radius 3 is 2.50 bits per heavy atom. The van der Waals surface area contributed by atoms with Gasteiger partial charge in [-0.2, -0.15) is 0 Å². The highest BCUT2D eigenvalue weighted by molar-refractivity contribution is 5.08. The Morgan fingerprint density at radius 1 is 1.00 bits per heavy atom. The van der Waals surface area contributed by atoms with Crippen molar-refractivity contribution in [3.8, 4) is 0 Å². The minimum atomic E-state index is -0.574. The molecule has 150 valence electrons. The molecule has 4 rings (SSSR count). The van der Waals surface area contributed by atoms with Gasteiger partial charge in [-0.3, -0.25) is 0 Å². The molecule has 0 aromatic heterocycles. The van der Waals surface area contributed by atoms with Crippen molar-refractivity contribution in [2.75, 3.05) is 13.7 Å². The molecule has 3 heteroatoms. The monoisotopic (exact) mass is 364 g/mol. The molecule has 4 aliphatic carbocycles. The Kier molecular flexibility index (Phi) is 5.20. The summed E-state index contributed by atoms with van der Waals surface area (Å²) in [5.41, 5.74) is -0.204. The van der Waals surface area contributed by atoms with Gasteiger partial charge in [0, 0.05) is 7.11 Å². The molecule has 0 spiro atoms. The third-order valence-corrected chi connectivity index (χ3v) is 9.47. The predicted molar refractivity (Wildman–Crippen MR) is 104 cm³/mol. The maximum atomic E-state index is 10.9. The van der Waals surface area contributed by atoms with Gasteiger partial charge < -0.3 is 14.9 Å². The number of ether oxygens (including phenoxy) is 1. The molecule has 0 bridgehead atoms. The van der Waals surface area contributed by atoms with Crippen LogP contribution in [0.25, 0.3) is 0 Å². The zero-order valence-electron chi connectivity index (χ0n) is 17.1. The van der Waals surface area contributed by atoms with Crippen LogP contribution in [0, 0.1) is 40.9 Å². The highest BCUT2D eigenvalue weighted by Gasteiger charge is 2.58. The van der Waals surface area contributed by atoms with Gasteiger partial charge in [-0.15, -0.1) is 0 Å². The summed E-state index contributed by atoms with van der Waals surface area (Å²) in [5.74, 6) is 4.62. The summed E-state index contributed by atoms with van der Waals surface area (Å²) in [6, 6.07) is 0. The highest BCUT2D eigenvalue weighted by atomic mass is 16.5. The minimum Gasteiger partial charge on any atom is -0.393 e. The molecule has 0 amide bonds. The van der Waals surface area contributed by atoms with Gasteiger partial charge in [0.25, 0.3) is 0 Å². The van der Waals surface area contributed by atoms with Gasteiger partial charge in [0.05, 0.1) is 18.3 Å². The van der Waals surface area contributed by atoms with Crippen molar-refractivity contribution in [3.05, 3.63) is 0 Å². The lowest BCUT2D eigenvalue weighted by Crippen LogP contribution is -2.52. The molecular weight excluding hydrogens is 324 g/mol. The largest absolute Gasteiger partial charge is 0.393 e. The Morgan fingerprint density at radius 2 is 1.77 bits per heavy atom. The number of fused-ring (bicyclic) bond motifs is 5. The molecule has 3 nitrogen and oxygen atoms in total. The smallest absolute Gasteiger partial charge is 0.0882 e. The third-order valence-electron chi connectivity index (χ3n) is 9.47. The predicted octanol–water partition coefficient (Wildman–Crippen LogP) is 4.40. The lowest BCUT2D eigenvalue weighted by atomic mass is 9.48. The fourth-order valence-corrected chi connectivity index (χ4v) is 8.32. The van der Waals surface area contributed by atoms with Crippen LogP contribution < -0.4 is 0 Å². The molecule has 2 N–H and O–H groups in total. The van der Waals surface area contributed by atoms with Crippen LogP contribution in [-0.2, 0) is 4.74 Å². The maximum Gasteiger partial charge on any atom is 0.0882 e. The molecule has 0 radical (unpaired) electrons. The number of rotatable bonds is 4. The van der Waals surface area contributed by atoms with E-state index in [1.165, 1.54) is 44.9 Å². The van der Waals surface area contributed by atoms with Crippen LogP contribution in [0.3, 0.4) is 0 Å². The second-order valence-electron chi connectivity index (χ2n) is 10.5. The van der Waals surface area contributed by atoms with E-state index in [0.29, 0.717) is 23.9 Å². The van der Waals surface area contributed by atoms with Gasteiger partial charge in [-0.05, 0) is 105 Å². The van der Waals surface area contributed by atoms with E-state index in [4.69, 9.17) is 4.74 Å². The molecular formula is C23H40O3. The van der Waals surface area contributed by atoms with Crippen LogP contribution in [0.4, 0.5) is 0 Å².